The maximum absolute atomic E-state index is 13.1. The van der Waals surface area contributed by atoms with Crippen molar-refractivity contribution in [1.29, 1.82) is 0 Å². The highest BCUT2D eigenvalue weighted by Crippen LogP contribution is 2.23. The average Bonchev–Trinajstić information content (AvgIpc) is 2.60. The maximum Gasteiger partial charge on any atom is 0.264 e. The molecule has 0 bridgehead atoms. The molecule has 0 aliphatic carbocycles. The van der Waals surface area contributed by atoms with Crippen LogP contribution in [0.25, 0.3) is 0 Å². The van der Waals surface area contributed by atoms with Crippen molar-refractivity contribution in [1.82, 2.24) is 5.32 Å². The van der Waals surface area contributed by atoms with E-state index in [0.29, 0.717) is 5.69 Å². The molecule has 0 aliphatic heterocycles. The van der Waals surface area contributed by atoms with E-state index in [0.717, 1.165) is 22.9 Å². The van der Waals surface area contributed by atoms with Crippen LogP contribution in [0.15, 0.2) is 59.5 Å². The average molecular weight is 364 g/mol. The van der Waals surface area contributed by atoms with Gasteiger partial charge in [0.25, 0.3) is 10.0 Å². The van der Waals surface area contributed by atoms with E-state index in [4.69, 9.17) is 0 Å². The number of benzene rings is 2. The molecule has 0 aliphatic rings. The molecule has 7 heteroatoms. The zero-order valence-electron chi connectivity index (χ0n) is 14.1. The van der Waals surface area contributed by atoms with Crippen LogP contribution in [0, 0.1) is 5.82 Å². The lowest BCUT2D eigenvalue weighted by atomic mass is 10.2. The van der Waals surface area contributed by atoms with Crippen molar-refractivity contribution in [3.05, 3.63) is 60.4 Å². The van der Waals surface area contributed by atoms with Crippen molar-refractivity contribution in [3.63, 3.8) is 0 Å². The van der Waals surface area contributed by atoms with Gasteiger partial charge in [-0.3, -0.25) is 9.10 Å². The first-order chi connectivity index (χ1) is 11.8. The predicted octanol–water partition coefficient (Wildman–Crippen LogP) is 2.94. The van der Waals surface area contributed by atoms with Crippen LogP contribution in [0.1, 0.15) is 20.3 Å². The molecule has 2 aromatic carbocycles. The van der Waals surface area contributed by atoms with E-state index >= 15 is 0 Å². The van der Waals surface area contributed by atoms with Crippen molar-refractivity contribution in [2.75, 3.05) is 10.8 Å². The molecule has 0 fully saturated rings. The van der Waals surface area contributed by atoms with Gasteiger partial charge in [-0.05, 0) is 49.7 Å². The highest BCUT2D eigenvalue weighted by atomic mass is 32.2. The molecule has 2 aromatic rings. The minimum absolute atomic E-state index is 0.0568. The van der Waals surface area contributed by atoms with Gasteiger partial charge in [0.2, 0.25) is 5.91 Å². The summed E-state index contributed by atoms with van der Waals surface area (Å²) in [5, 5.41) is 2.76. The number of nitrogens with one attached hydrogen (secondary N) is 1. The van der Waals surface area contributed by atoms with Crippen LogP contribution in [0.2, 0.25) is 0 Å². The first-order valence-corrected chi connectivity index (χ1v) is 9.41. The Bertz CT molecular complexity index is 808. The van der Waals surface area contributed by atoms with Crippen LogP contribution in [-0.2, 0) is 14.8 Å². The summed E-state index contributed by atoms with van der Waals surface area (Å²) in [7, 11) is -4.00. The van der Waals surface area contributed by atoms with Crippen molar-refractivity contribution in [2.45, 2.75) is 31.2 Å². The summed E-state index contributed by atoms with van der Waals surface area (Å²) in [6.45, 7) is 3.42. The largest absolute Gasteiger partial charge is 0.352 e. The maximum atomic E-state index is 13.1. The Morgan fingerprint density at radius 2 is 1.72 bits per heavy atom. The molecule has 0 aromatic heterocycles. The minimum Gasteiger partial charge on any atom is -0.352 e. The lowest BCUT2D eigenvalue weighted by Gasteiger charge is -2.24. The summed E-state index contributed by atoms with van der Waals surface area (Å²) in [4.78, 5) is 12.2. The number of sulfonamides is 1. The molecule has 5 nitrogen and oxygen atoms in total. The number of hydrogen-bond donors (Lipinski definition) is 1. The van der Waals surface area contributed by atoms with E-state index in [-0.39, 0.29) is 17.5 Å². The molecule has 0 unspecified atom stereocenters. The van der Waals surface area contributed by atoms with E-state index in [1.54, 1.807) is 30.3 Å². The number of nitrogens with zero attached hydrogens (tertiary/aromatic N) is 1. The molecule has 2 rings (SSSR count). The highest BCUT2D eigenvalue weighted by molar-refractivity contribution is 7.92. The Labute approximate surface area is 147 Å². The number of carbonyl (C=O) groups is 1. The first-order valence-electron chi connectivity index (χ1n) is 7.97. The number of rotatable bonds is 7. The summed E-state index contributed by atoms with van der Waals surface area (Å²) in [5.41, 5.74) is 0.367. The van der Waals surface area contributed by atoms with Gasteiger partial charge in [-0.1, -0.05) is 25.1 Å². The van der Waals surface area contributed by atoms with Crippen molar-refractivity contribution in [3.8, 4) is 0 Å². The Balaban J connectivity index is 2.37. The van der Waals surface area contributed by atoms with E-state index in [1.807, 2.05) is 13.8 Å². The molecule has 0 heterocycles. The fourth-order valence-corrected chi connectivity index (χ4v) is 3.62. The molecule has 0 radical (unpaired) electrons. The SMILES string of the molecule is CC[C@H](C)NC(=O)CN(c1ccccc1)S(=O)(=O)c1ccc(F)cc1. The van der Waals surface area contributed by atoms with Crippen molar-refractivity contribution < 1.29 is 17.6 Å². The lowest BCUT2D eigenvalue weighted by molar-refractivity contribution is -0.120. The van der Waals surface area contributed by atoms with Gasteiger partial charge < -0.3 is 5.32 Å². The van der Waals surface area contributed by atoms with Gasteiger partial charge in [-0.15, -0.1) is 0 Å². The van der Waals surface area contributed by atoms with Crippen LogP contribution in [0.3, 0.4) is 0 Å². The number of anilines is 1. The number of hydrogen-bond acceptors (Lipinski definition) is 3. The van der Waals surface area contributed by atoms with Crippen LogP contribution < -0.4 is 9.62 Å². The Morgan fingerprint density at radius 3 is 2.28 bits per heavy atom. The summed E-state index contributed by atoms with van der Waals surface area (Å²) in [5.74, 6) is -0.927. The summed E-state index contributed by atoms with van der Waals surface area (Å²) in [6.07, 6.45) is 0.738. The lowest BCUT2D eigenvalue weighted by Crippen LogP contribution is -2.43. The second-order valence-corrected chi connectivity index (χ2v) is 7.54. The first kappa shape index (κ1) is 18.9. The van der Waals surface area contributed by atoms with Gasteiger partial charge in [0, 0.05) is 6.04 Å². The van der Waals surface area contributed by atoms with Crippen molar-refractivity contribution in [2.24, 2.45) is 0 Å². The molecular formula is C18H21FN2O3S. The van der Waals surface area contributed by atoms with E-state index < -0.39 is 21.7 Å². The van der Waals surface area contributed by atoms with Crippen LogP contribution >= 0.6 is 0 Å². The summed E-state index contributed by atoms with van der Waals surface area (Å²) >= 11 is 0. The number of amides is 1. The zero-order chi connectivity index (χ0) is 18.4. The Morgan fingerprint density at radius 1 is 1.12 bits per heavy atom. The Hall–Kier alpha value is -2.41. The van der Waals surface area contributed by atoms with Crippen molar-refractivity contribution >= 4 is 21.6 Å². The van der Waals surface area contributed by atoms with Gasteiger partial charge in [-0.2, -0.15) is 0 Å². The second-order valence-electron chi connectivity index (χ2n) is 5.68. The second kappa shape index (κ2) is 8.11. The smallest absolute Gasteiger partial charge is 0.264 e. The minimum atomic E-state index is -4.00. The van der Waals surface area contributed by atoms with E-state index in [9.17, 15) is 17.6 Å². The van der Waals surface area contributed by atoms with Gasteiger partial charge in [0.15, 0.2) is 0 Å². The Kier molecular flexibility index (Phi) is 6.14. The van der Waals surface area contributed by atoms with Gasteiger partial charge in [0.1, 0.15) is 12.4 Å². The zero-order valence-corrected chi connectivity index (χ0v) is 15.0. The number of carbonyl (C=O) groups excluding carboxylic acids is 1. The molecule has 1 amide bonds. The van der Waals surface area contributed by atoms with E-state index in [1.165, 1.54) is 12.1 Å². The molecule has 0 spiro atoms. The molecule has 134 valence electrons. The number of para-hydroxylation sites is 1. The molecule has 25 heavy (non-hydrogen) atoms. The fraction of sp³-hybridized carbons (Fsp3) is 0.278. The molecule has 0 saturated carbocycles. The highest BCUT2D eigenvalue weighted by Gasteiger charge is 2.27. The fourth-order valence-electron chi connectivity index (χ4n) is 2.20. The van der Waals surface area contributed by atoms with Gasteiger partial charge in [-0.25, -0.2) is 12.8 Å². The predicted molar refractivity (Wildman–Crippen MR) is 95.3 cm³/mol. The summed E-state index contributed by atoms with van der Waals surface area (Å²) < 4.78 is 40.1. The quantitative estimate of drug-likeness (QED) is 0.821. The standard InChI is InChI=1S/C18H21FN2O3S/c1-3-14(2)20-18(22)13-21(16-7-5-4-6-8-16)25(23,24)17-11-9-15(19)10-12-17/h4-12,14H,3,13H2,1-2H3,(H,20,22)/t14-/m0/s1. The normalized spacial score (nSPS) is 12.4. The summed E-state index contributed by atoms with van der Waals surface area (Å²) in [6, 6.07) is 12.8. The molecular weight excluding hydrogens is 343 g/mol. The van der Waals surface area contributed by atoms with Crippen LogP contribution in [0.5, 0.6) is 0 Å². The monoisotopic (exact) mass is 364 g/mol. The third-order valence-corrected chi connectivity index (χ3v) is 5.54. The van der Waals surface area contributed by atoms with E-state index in [2.05, 4.69) is 5.32 Å². The molecule has 0 saturated heterocycles. The van der Waals surface area contributed by atoms with Crippen LogP contribution in [-0.4, -0.2) is 26.9 Å². The van der Waals surface area contributed by atoms with Gasteiger partial charge in [0.05, 0.1) is 10.6 Å². The van der Waals surface area contributed by atoms with Gasteiger partial charge >= 0.3 is 0 Å². The third-order valence-electron chi connectivity index (χ3n) is 3.75. The third kappa shape index (κ3) is 4.79. The number of halogens is 1. The molecule has 1 N–H and O–H groups in total. The topological polar surface area (TPSA) is 66.5 Å². The molecule has 1 atom stereocenters. The van der Waals surface area contributed by atoms with Crippen LogP contribution in [0.4, 0.5) is 10.1 Å².